The van der Waals surface area contributed by atoms with Gasteiger partial charge in [0.2, 0.25) is 0 Å². The van der Waals surface area contributed by atoms with Gasteiger partial charge in [-0.25, -0.2) is 0 Å². The van der Waals surface area contributed by atoms with E-state index in [1.54, 1.807) is 12.1 Å². The number of hydrogen-bond donors (Lipinski definition) is 1. The molecule has 2 rings (SSSR count). The molecule has 0 spiro atoms. The van der Waals surface area contributed by atoms with Gasteiger partial charge in [0, 0.05) is 23.9 Å². The van der Waals surface area contributed by atoms with E-state index in [9.17, 15) is 10.1 Å². The fraction of sp³-hybridized carbons (Fsp3) is 0.500. The minimum Gasteiger partial charge on any atom is -0.382 e. The lowest BCUT2D eigenvalue weighted by Crippen LogP contribution is -2.24. The minimum absolute atomic E-state index is 0.135. The van der Waals surface area contributed by atoms with E-state index >= 15 is 0 Å². The van der Waals surface area contributed by atoms with Gasteiger partial charge in [0.25, 0.3) is 5.69 Å². The van der Waals surface area contributed by atoms with Crippen molar-refractivity contribution in [1.29, 1.82) is 0 Å². The number of hydrogen-bond acceptors (Lipinski definition) is 3. The molecule has 0 heterocycles. The van der Waals surface area contributed by atoms with E-state index in [4.69, 9.17) is 0 Å². The number of rotatable bonds is 4. The number of non-ortho nitro benzene ring substituents is 1. The molecule has 1 N–H and O–H groups in total. The molecule has 0 aromatic heterocycles. The van der Waals surface area contributed by atoms with Crippen molar-refractivity contribution in [3.05, 3.63) is 34.4 Å². The predicted octanol–water partition coefficient (Wildman–Crippen LogP) is 3.20. The third-order valence-corrected chi connectivity index (χ3v) is 3.55. The van der Waals surface area contributed by atoms with Gasteiger partial charge in [0.1, 0.15) is 0 Å². The van der Waals surface area contributed by atoms with Crippen LogP contribution in [0.15, 0.2) is 24.3 Å². The lowest BCUT2D eigenvalue weighted by molar-refractivity contribution is -0.384. The molecule has 1 aliphatic carbocycles. The normalized spacial score (nSPS) is 18.9. The van der Waals surface area contributed by atoms with Crippen molar-refractivity contribution in [2.45, 2.75) is 32.7 Å². The second-order valence-electron chi connectivity index (χ2n) is 4.82. The van der Waals surface area contributed by atoms with E-state index in [-0.39, 0.29) is 10.6 Å². The molecule has 0 radical (unpaired) electrons. The SMILES string of the molecule is CC(Nc1ccc([N+](=O)[O-])cc1)C1(C)CC1. The van der Waals surface area contributed by atoms with Crippen LogP contribution in [0.1, 0.15) is 26.7 Å². The van der Waals surface area contributed by atoms with Gasteiger partial charge in [0.05, 0.1) is 4.92 Å². The molecule has 0 bridgehead atoms. The summed E-state index contributed by atoms with van der Waals surface area (Å²) in [5.74, 6) is 0. The number of nitro benzene ring substituents is 1. The Hall–Kier alpha value is -1.58. The van der Waals surface area contributed by atoms with Crippen molar-refractivity contribution in [2.24, 2.45) is 5.41 Å². The minimum atomic E-state index is -0.380. The van der Waals surface area contributed by atoms with Crippen LogP contribution >= 0.6 is 0 Å². The summed E-state index contributed by atoms with van der Waals surface area (Å²) in [6.45, 7) is 4.42. The Balaban J connectivity index is 2.02. The lowest BCUT2D eigenvalue weighted by Gasteiger charge is -2.21. The van der Waals surface area contributed by atoms with Gasteiger partial charge in [-0.3, -0.25) is 10.1 Å². The van der Waals surface area contributed by atoms with E-state index in [0.29, 0.717) is 11.5 Å². The predicted molar refractivity (Wildman–Crippen MR) is 63.5 cm³/mol. The van der Waals surface area contributed by atoms with Gasteiger partial charge in [0.15, 0.2) is 0 Å². The fourth-order valence-electron chi connectivity index (χ4n) is 1.73. The molecular weight excluding hydrogens is 204 g/mol. The van der Waals surface area contributed by atoms with Crippen LogP contribution in [0.5, 0.6) is 0 Å². The Morgan fingerprint density at radius 3 is 2.38 bits per heavy atom. The van der Waals surface area contributed by atoms with Crippen LogP contribution in [0, 0.1) is 15.5 Å². The molecule has 1 aliphatic rings. The maximum atomic E-state index is 10.5. The summed E-state index contributed by atoms with van der Waals surface area (Å²) in [7, 11) is 0. The van der Waals surface area contributed by atoms with Crippen LogP contribution in [0.4, 0.5) is 11.4 Å². The van der Waals surface area contributed by atoms with Crippen molar-refractivity contribution in [3.8, 4) is 0 Å². The molecule has 0 aliphatic heterocycles. The molecule has 4 heteroatoms. The highest BCUT2D eigenvalue weighted by molar-refractivity contribution is 5.49. The van der Waals surface area contributed by atoms with Gasteiger partial charge < -0.3 is 5.32 Å². The van der Waals surface area contributed by atoms with Gasteiger partial charge >= 0.3 is 0 Å². The van der Waals surface area contributed by atoms with Gasteiger partial charge in [-0.15, -0.1) is 0 Å². The Bertz CT molecular complexity index is 396. The van der Waals surface area contributed by atoms with Crippen LogP contribution in [0.25, 0.3) is 0 Å². The molecular formula is C12H16N2O2. The number of benzene rings is 1. The molecule has 16 heavy (non-hydrogen) atoms. The summed E-state index contributed by atoms with van der Waals surface area (Å²) in [6, 6.07) is 7.00. The van der Waals surface area contributed by atoms with Gasteiger partial charge in [-0.2, -0.15) is 0 Å². The monoisotopic (exact) mass is 220 g/mol. The van der Waals surface area contributed by atoms with Crippen molar-refractivity contribution < 1.29 is 4.92 Å². The number of nitrogens with zero attached hydrogens (tertiary/aromatic N) is 1. The topological polar surface area (TPSA) is 55.2 Å². The average Bonchev–Trinajstić information content (AvgIpc) is 2.99. The molecule has 86 valence electrons. The molecule has 1 unspecified atom stereocenters. The Morgan fingerprint density at radius 2 is 1.94 bits per heavy atom. The zero-order chi connectivity index (χ0) is 11.8. The van der Waals surface area contributed by atoms with E-state index < -0.39 is 0 Å². The van der Waals surface area contributed by atoms with Gasteiger partial charge in [-0.1, -0.05) is 6.92 Å². The standard InChI is InChI=1S/C12H16N2O2/c1-9(12(2)7-8-12)13-10-3-5-11(6-4-10)14(15)16/h3-6,9,13H,7-8H2,1-2H3. The maximum absolute atomic E-state index is 10.5. The third kappa shape index (κ3) is 2.15. The van der Waals surface area contributed by atoms with E-state index in [2.05, 4.69) is 19.2 Å². The van der Waals surface area contributed by atoms with Crippen LogP contribution < -0.4 is 5.32 Å². The highest BCUT2D eigenvalue weighted by atomic mass is 16.6. The molecule has 1 aromatic carbocycles. The van der Waals surface area contributed by atoms with Crippen molar-refractivity contribution in [3.63, 3.8) is 0 Å². The molecule has 0 amide bonds. The summed E-state index contributed by atoms with van der Waals surface area (Å²) < 4.78 is 0. The molecule has 1 aromatic rings. The summed E-state index contributed by atoms with van der Waals surface area (Å²) in [6.07, 6.45) is 2.52. The summed E-state index contributed by atoms with van der Waals surface area (Å²) in [5, 5.41) is 13.9. The second-order valence-corrected chi connectivity index (χ2v) is 4.82. The molecule has 0 saturated heterocycles. The summed E-state index contributed by atoms with van der Waals surface area (Å²) in [5.41, 5.74) is 1.49. The number of nitrogens with one attached hydrogen (secondary N) is 1. The quantitative estimate of drug-likeness (QED) is 0.626. The Labute approximate surface area is 94.8 Å². The zero-order valence-electron chi connectivity index (χ0n) is 9.56. The van der Waals surface area contributed by atoms with Crippen LogP contribution in [-0.4, -0.2) is 11.0 Å². The Morgan fingerprint density at radius 1 is 1.38 bits per heavy atom. The van der Waals surface area contributed by atoms with Crippen LogP contribution in [0.2, 0.25) is 0 Å². The highest BCUT2D eigenvalue weighted by Crippen LogP contribution is 2.48. The molecule has 4 nitrogen and oxygen atoms in total. The molecule has 1 saturated carbocycles. The van der Waals surface area contributed by atoms with Crippen molar-refractivity contribution in [1.82, 2.24) is 0 Å². The van der Waals surface area contributed by atoms with E-state index in [0.717, 1.165) is 5.69 Å². The first-order valence-electron chi connectivity index (χ1n) is 5.52. The smallest absolute Gasteiger partial charge is 0.269 e. The van der Waals surface area contributed by atoms with Crippen LogP contribution in [0.3, 0.4) is 0 Å². The molecule has 1 atom stereocenters. The number of nitro groups is 1. The number of anilines is 1. The first-order valence-corrected chi connectivity index (χ1v) is 5.52. The van der Waals surface area contributed by atoms with Crippen LogP contribution in [-0.2, 0) is 0 Å². The summed E-state index contributed by atoms with van der Waals surface area (Å²) in [4.78, 5) is 10.1. The maximum Gasteiger partial charge on any atom is 0.269 e. The van der Waals surface area contributed by atoms with E-state index in [1.807, 2.05) is 0 Å². The van der Waals surface area contributed by atoms with E-state index in [1.165, 1.54) is 25.0 Å². The first-order chi connectivity index (χ1) is 7.51. The fourth-order valence-corrected chi connectivity index (χ4v) is 1.73. The average molecular weight is 220 g/mol. The van der Waals surface area contributed by atoms with Gasteiger partial charge in [-0.05, 0) is 37.3 Å². The third-order valence-electron chi connectivity index (χ3n) is 3.55. The lowest BCUT2D eigenvalue weighted by atomic mass is 10.0. The Kier molecular flexibility index (Phi) is 2.58. The largest absolute Gasteiger partial charge is 0.382 e. The van der Waals surface area contributed by atoms with Crippen molar-refractivity contribution >= 4 is 11.4 Å². The molecule has 1 fully saturated rings. The van der Waals surface area contributed by atoms with Crippen molar-refractivity contribution in [2.75, 3.05) is 5.32 Å². The second kappa shape index (κ2) is 3.77. The summed E-state index contributed by atoms with van der Waals surface area (Å²) >= 11 is 0. The highest BCUT2D eigenvalue weighted by Gasteiger charge is 2.42. The first kappa shape index (κ1) is 10.9. The zero-order valence-corrected chi connectivity index (χ0v) is 9.56.